The number of hydrogen-bond donors (Lipinski definition) is 2. The molecule has 0 radical (unpaired) electrons. The highest BCUT2D eigenvalue weighted by molar-refractivity contribution is 8.01. The molecular weight excluding hydrogens is 262 g/mol. The van der Waals surface area contributed by atoms with Gasteiger partial charge >= 0.3 is 5.97 Å². The van der Waals surface area contributed by atoms with Gasteiger partial charge in [-0.15, -0.1) is 10.2 Å². The Morgan fingerprint density at radius 3 is 2.88 bits per heavy atom. The number of aromatic nitrogens is 4. The van der Waals surface area contributed by atoms with Gasteiger partial charge < -0.3 is 10.4 Å². The quantitative estimate of drug-likeness (QED) is 0.782. The third kappa shape index (κ3) is 3.64. The Kier molecular flexibility index (Phi) is 3.83. The highest BCUT2D eigenvalue weighted by Gasteiger charge is 2.07. The first-order chi connectivity index (χ1) is 8.24. The number of thioether (sulfide) groups is 1. The van der Waals surface area contributed by atoms with E-state index < -0.39 is 5.97 Å². The summed E-state index contributed by atoms with van der Waals surface area (Å²) in [6.07, 6.45) is 4.65. The Bertz CT molecular complexity index is 504. The Balaban J connectivity index is 1.97. The maximum absolute atomic E-state index is 10.4. The molecular formula is C8H7N5O2S2. The zero-order valence-corrected chi connectivity index (χ0v) is 10.0. The van der Waals surface area contributed by atoms with Crippen LogP contribution in [0.25, 0.3) is 0 Å². The Morgan fingerprint density at radius 1 is 1.41 bits per heavy atom. The van der Waals surface area contributed by atoms with Crippen molar-refractivity contribution in [1.82, 2.24) is 20.2 Å². The van der Waals surface area contributed by atoms with E-state index in [1.165, 1.54) is 17.7 Å². The third-order valence-electron chi connectivity index (χ3n) is 1.54. The fourth-order valence-electron chi connectivity index (χ4n) is 0.929. The largest absolute Gasteiger partial charge is 0.481 e. The van der Waals surface area contributed by atoms with Crippen molar-refractivity contribution in [3.8, 4) is 0 Å². The Morgan fingerprint density at radius 2 is 2.18 bits per heavy atom. The minimum atomic E-state index is -0.879. The van der Waals surface area contributed by atoms with Crippen LogP contribution in [0.2, 0.25) is 0 Å². The minimum Gasteiger partial charge on any atom is -0.481 e. The van der Waals surface area contributed by atoms with Crippen LogP contribution in [0.4, 0.5) is 10.8 Å². The van der Waals surface area contributed by atoms with Crippen LogP contribution in [0.15, 0.2) is 23.1 Å². The lowest BCUT2D eigenvalue weighted by atomic mass is 10.5. The molecule has 0 atom stereocenters. The first-order valence-electron chi connectivity index (χ1n) is 4.44. The van der Waals surface area contributed by atoms with Crippen LogP contribution >= 0.6 is 23.1 Å². The molecule has 2 aromatic rings. The molecule has 0 spiro atoms. The van der Waals surface area contributed by atoms with Crippen molar-refractivity contribution in [3.05, 3.63) is 18.7 Å². The molecule has 0 saturated heterocycles. The fourth-order valence-corrected chi connectivity index (χ4v) is 2.42. The Labute approximate surface area is 104 Å². The summed E-state index contributed by atoms with van der Waals surface area (Å²) < 4.78 is 0.603. The van der Waals surface area contributed by atoms with E-state index in [-0.39, 0.29) is 5.75 Å². The minimum absolute atomic E-state index is 0.0247. The number of anilines is 2. The van der Waals surface area contributed by atoms with Gasteiger partial charge in [-0.05, 0) is 0 Å². The van der Waals surface area contributed by atoms with Crippen molar-refractivity contribution < 1.29 is 9.90 Å². The lowest BCUT2D eigenvalue weighted by molar-refractivity contribution is -0.133. The van der Waals surface area contributed by atoms with E-state index in [4.69, 9.17) is 5.11 Å². The first-order valence-corrected chi connectivity index (χ1v) is 6.24. The summed E-state index contributed by atoms with van der Waals surface area (Å²) >= 11 is 2.41. The highest BCUT2D eigenvalue weighted by Crippen LogP contribution is 2.26. The average molecular weight is 269 g/mol. The van der Waals surface area contributed by atoms with Gasteiger partial charge in [0.15, 0.2) is 4.34 Å². The molecule has 0 saturated carbocycles. The standard InChI is InChI=1S/C8H7N5O2S2/c14-6(15)3-16-8-13-12-7(17-8)11-5-1-9-4-10-2-5/h1-2,4H,3H2,(H,11,12)(H,14,15). The van der Waals surface area contributed by atoms with Crippen molar-refractivity contribution in [3.63, 3.8) is 0 Å². The predicted octanol–water partition coefficient (Wildman–Crippen LogP) is 1.25. The number of hydrogen-bond acceptors (Lipinski definition) is 8. The SMILES string of the molecule is O=C(O)CSc1nnc(Nc2cncnc2)s1. The van der Waals surface area contributed by atoms with Crippen molar-refractivity contribution >= 4 is 39.9 Å². The van der Waals surface area contributed by atoms with Crippen molar-refractivity contribution in [1.29, 1.82) is 0 Å². The Hall–Kier alpha value is -1.74. The molecule has 0 aliphatic heterocycles. The van der Waals surface area contributed by atoms with E-state index in [0.29, 0.717) is 15.2 Å². The van der Waals surface area contributed by atoms with Crippen LogP contribution in [-0.2, 0) is 4.79 Å². The summed E-state index contributed by atoms with van der Waals surface area (Å²) in [5.74, 6) is -0.903. The lowest BCUT2D eigenvalue weighted by Crippen LogP contribution is -1.96. The highest BCUT2D eigenvalue weighted by atomic mass is 32.2. The summed E-state index contributed by atoms with van der Waals surface area (Å²) in [6.45, 7) is 0. The molecule has 0 bridgehead atoms. The number of carboxylic acid groups (broad SMARTS) is 1. The second-order valence-corrected chi connectivity index (χ2v) is 5.01. The maximum atomic E-state index is 10.4. The molecule has 0 fully saturated rings. The van der Waals surface area contributed by atoms with Gasteiger partial charge in [-0.2, -0.15) is 0 Å². The molecule has 88 valence electrons. The van der Waals surface area contributed by atoms with Crippen LogP contribution < -0.4 is 5.32 Å². The molecule has 0 aliphatic carbocycles. The third-order valence-corrected chi connectivity index (χ3v) is 3.49. The van der Waals surface area contributed by atoms with E-state index in [1.807, 2.05) is 0 Å². The van der Waals surface area contributed by atoms with E-state index in [2.05, 4.69) is 25.5 Å². The van der Waals surface area contributed by atoms with Crippen LogP contribution in [0.3, 0.4) is 0 Å². The smallest absolute Gasteiger partial charge is 0.313 e. The van der Waals surface area contributed by atoms with Crippen LogP contribution in [0.5, 0.6) is 0 Å². The average Bonchev–Trinajstić information content (AvgIpc) is 2.75. The molecule has 0 aliphatic rings. The number of nitrogens with one attached hydrogen (secondary N) is 1. The molecule has 2 N–H and O–H groups in total. The van der Waals surface area contributed by atoms with Crippen LogP contribution in [0.1, 0.15) is 0 Å². The van der Waals surface area contributed by atoms with E-state index in [9.17, 15) is 4.79 Å². The molecule has 0 unspecified atom stereocenters. The molecule has 2 aromatic heterocycles. The van der Waals surface area contributed by atoms with Gasteiger partial charge in [0.1, 0.15) is 6.33 Å². The topological polar surface area (TPSA) is 101 Å². The van der Waals surface area contributed by atoms with Crippen molar-refractivity contribution in [2.45, 2.75) is 4.34 Å². The first kappa shape index (κ1) is 11.7. The molecule has 17 heavy (non-hydrogen) atoms. The zero-order chi connectivity index (χ0) is 12.1. The number of nitrogens with zero attached hydrogens (tertiary/aromatic N) is 4. The van der Waals surface area contributed by atoms with Crippen LogP contribution in [-0.4, -0.2) is 37.0 Å². The summed E-state index contributed by atoms with van der Waals surface area (Å²) in [7, 11) is 0. The summed E-state index contributed by atoms with van der Waals surface area (Å²) in [4.78, 5) is 18.1. The van der Waals surface area contributed by atoms with E-state index in [0.717, 1.165) is 11.8 Å². The number of carbonyl (C=O) groups is 1. The van der Waals surface area contributed by atoms with Gasteiger partial charge in [0.25, 0.3) is 0 Å². The molecule has 2 heterocycles. The van der Waals surface area contributed by atoms with Gasteiger partial charge in [-0.1, -0.05) is 23.1 Å². The number of aliphatic carboxylic acids is 1. The summed E-state index contributed by atoms with van der Waals surface area (Å²) in [5.41, 5.74) is 0.707. The molecule has 0 aromatic carbocycles. The van der Waals surface area contributed by atoms with Gasteiger partial charge in [-0.3, -0.25) is 4.79 Å². The zero-order valence-electron chi connectivity index (χ0n) is 8.40. The van der Waals surface area contributed by atoms with Crippen molar-refractivity contribution in [2.24, 2.45) is 0 Å². The van der Waals surface area contributed by atoms with Crippen molar-refractivity contribution in [2.75, 3.05) is 11.1 Å². The second-order valence-electron chi connectivity index (χ2n) is 2.81. The van der Waals surface area contributed by atoms with Crippen LogP contribution in [0, 0.1) is 0 Å². The van der Waals surface area contributed by atoms with Gasteiger partial charge in [0.2, 0.25) is 5.13 Å². The van der Waals surface area contributed by atoms with Gasteiger partial charge in [-0.25, -0.2) is 9.97 Å². The monoisotopic (exact) mass is 269 g/mol. The predicted molar refractivity (Wildman–Crippen MR) is 63.6 cm³/mol. The molecule has 0 amide bonds. The van der Waals surface area contributed by atoms with E-state index >= 15 is 0 Å². The normalized spacial score (nSPS) is 10.1. The maximum Gasteiger partial charge on any atom is 0.313 e. The number of rotatable bonds is 5. The van der Waals surface area contributed by atoms with Gasteiger partial charge in [0.05, 0.1) is 23.8 Å². The summed E-state index contributed by atoms with van der Waals surface area (Å²) in [6, 6.07) is 0. The summed E-state index contributed by atoms with van der Waals surface area (Å²) in [5, 5.41) is 19.8. The number of carboxylic acids is 1. The van der Waals surface area contributed by atoms with E-state index in [1.54, 1.807) is 12.4 Å². The molecule has 2 rings (SSSR count). The fraction of sp³-hybridized carbons (Fsp3) is 0.125. The molecule has 9 heteroatoms. The second kappa shape index (κ2) is 5.55. The van der Waals surface area contributed by atoms with Gasteiger partial charge in [0, 0.05) is 0 Å². The lowest BCUT2D eigenvalue weighted by Gasteiger charge is -1.97. The molecule has 7 nitrogen and oxygen atoms in total.